The van der Waals surface area contributed by atoms with Crippen LogP contribution in [0.15, 0.2) is 42.5 Å². The van der Waals surface area contributed by atoms with Crippen molar-refractivity contribution in [2.24, 2.45) is 0 Å². The van der Waals surface area contributed by atoms with Crippen molar-refractivity contribution < 1.29 is 18.6 Å². The van der Waals surface area contributed by atoms with Crippen molar-refractivity contribution in [2.45, 2.75) is 43.9 Å². The van der Waals surface area contributed by atoms with Crippen LogP contribution in [0.2, 0.25) is 0 Å². The number of ether oxygens (including phenoxy) is 3. The normalized spacial score (nSPS) is 24.8. The number of hydrogen-bond acceptors (Lipinski definition) is 4. The third-order valence-electron chi connectivity index (χ3n) is 4.90. The Morgan fingerprint density at radius 2 is 1.72 bits per heavy atom. The van der Waals surface area contributed by atoms with Crippen LogP contribution in [0.4, 0.5) is 4.39 Å². The summed E-state index contributed by atoms with van der Waals surface area (Å²) in [6, 6.07) is 12.9. The van der Waals surface area contributed by atoms with E-state index in [2.05, 4.69) is 5.32 Å². The van der Waals surface area contributed by atoms with Crippen molar-refractivity contribution in [1.82, 2.24) is 5.32 Å². The number of piperidine rings is 1. The molecule has 2 aromatic carbocycles. The molecule has 2 atom stereocenters. The van der Waals surface area contributed by atoms with Gasteiger partial charge in [-0.15, -0.1) is 0 Å². The summed E-state index contributed by atoms with van der Waals surface area (Å²) < 4.78 is 31.1. The van der Waals surface area contributed by atoms with Crippen LogP contribution < -0.4 is 19.5 Å². The van der Waals surface area contributed by atoms with Crippen LogP contribution >= 0.6 is 0 Å². The molecule has 1 N–H and O–H groups in total. The van der Waals surface area contributed by atoms with E-state index in [-0.39, 0.29) is 11.9 Å². The number of methoxy groups -OCH3 is 1. The predicted octanol–water partition coefficient (Wildman–Crippen LogP) is 4.29. The van der Waals surface area contributed by atoms with Crippen molar-refractivity contribution >= 4 is 0 Å². The van der Waals surface area contributed by atoms with Crippen LogP contribution in [0.25, 0.3) is 0 Å². The lowest BCUT2D eigenvalue weighted by Crippen LogP contribution is -2.42. The SMILES string of the molecule is COc1cccc(Oc2cc(OC3CC4CCC(C3)N4)ccc2F)c1. The van der Waals surface area contributed by atoms with Crippen LogP contribution in [0, 0.1) is 5.82 Å². The Balaban J connectivity index is 1.48. The van der Waals surface area contributed by atoms with Crippen LogP contribution in [0.1, 0.15) is 25.7 Å². The largest absolute Gasteiger partial charge is 0.497 e. The van der Waals surface area contributed by atoms with Crippen LogP contribution in [0.3, 0.4) is 0 Å². The minimum absolute atomic E-state index is 0.155. The zero-order valence-electron chi connectivity index (χ0n) is 14.2. The maximum absolute atomic E-state index is 14.1. The quantitative estimate of drug-likeness (QED) is 0.879. The monoisotopic (exact) mass is 343 g/mol. The first-order valence-corrected chi connectivity index (χ1v) is 8.74. The molecule has 0 spiro atoms. The highest BCUT2D eigenvalue weighted by Gasteiger charge is 2.34. The third kappa shape index (κ3) is 3.71. The Labute approximate surface area is 146 Å². The first-order valence-electron chi connectivity index (χ1n) is 8.74. The second kappa shape index (κ2) is 6.92. The van der Waals surface area contributed by atoms with Crippen molar-refractivity contribution in [3.63, 3.8) is 0 Å². The number of rotatable bonds is 5. The van der Waals surface area contributed by atoms with Gasteiger partial charge in [0.1, 0.15) is 23.4 Å². The zero-order valence-corrected chi connectivity index (χ0v) is 14.2. The fourth-order valence-electron chi connectivity index (χ4n) is 3.72. The molecular weight excluding hydrogens is 321 g/mol. The Morgan fingerprint density at radius 1 is 0.960 bits per heavy atom. The van der Waals surface area contributed by atoms with Gasteiger partial charge in [0.2, 0.25) is 0 Å². The standard InChI is InChI=1S/C20H22FNO3/c1-23-15-3-2-4-16(11-15)25-20-12-17(7-8-19(20)21)24-18-9-13-5-6-14(10-18)22-13/h2-4,7-8,11-14,18,22H,5-6,9-10H2,1H3. The van der Waals surface area contributed by atoms with E-state index in [1.165, 1.54) is 18.9 Å². The zero-order chi connectivity index (χ0) is 17.2. The molecule has 25 heavy (non-hydrogen) atoms. The summed E-state index contributed by atoms with van der Waals surface area (Å²) in [6.45, 7) is 0. The van der Waals surface area contributed by atoms with Gasteiger partial charge >= 0.3 is 0 Å². The number of hydrogen-bond donors (Lipinski definition) is 1. The van der Waals surface area contributed by atoms with Crippen LogP contribution in [-0.4, -0.2) is 25.3 Å². The molecule has 2 heterocycles. The lowest BCUT2D eigenvalue weighted by molar-refractivity contribution is 0.137. The third-order valence-corrected chi connectivity index (χ3v) is 4.90. The van der Waals surface area contributed by atoms with E-state index in [0.717, 1.165) is 12.8 Å². The molecule has 0 radical (unpaired) electrons. The molecule has 4 rings (SSSR count). The molecule has 0 aliphatic carbocycles. The van der Waals surface area contributed by atoms with E-state index in [0.29, 0.717) is 29.3 Å². The molecule has 2 aliphatic heterocycles. The molecule has 0 aromatic heterocycles. The fraction of sp³-hybridized carbons (Fsp3) is 0.400. The molecule has 2 saturated heterocycles. The summed E-state index contributed by atoms with van der Waals surface area (Å²) in [5.41, 5.74) is 0. The maximum Gasteiger partial charge on any atom is 0.166 e. The minimum atomic E-state index is -0.416. The molecule has 2 unspecified atom stereocenters. The van der Waals surface area contributed by atoms with Gasteiger partial charge in [-0.25, -0.2) is 4.39 Å². The number of benzene rings is 2. The van der Waals surface area contributed by atoms with Gasteiger partial charge in [-0.3, -0.25) is 0 Å². The number of halogens is 1. The molecule has 2 aromatic rings. The van der Waals surface area contributed by atoms with E-state index in [1.54, 1.807) is 37.4 Å². The Hall–Kier alpha value is -2.27. The summed E-state index contributed by atoms with van der Waals surface area (Å²) in [5.74, 6) is 1.57. The molecule has 5 heteroatoms. The highest BCUT2D eigenvalue weighted by Crippen LogP contribution is 2.33. The first kappa shape index (κ1) is 16.2. The topological polar surface area (TPSA) is 39.7 Å². The Bertz CT molecular complexity index is 739. The molecule has 2 fully saturated rings. The molecule has 132 valence electrons. The molecular formula is C20H22FNO3. The highest BCUT2D eigenvalue weighted by molar-refractivity contribution is 5.40. The van der Waals surface area contributed by atoms with Gasteiger partial charge in [-0.1, -0.05) is 6.07 Å². The van der Waals surface area contributed by atoms with Gasteiger partial charge < -0.3 is 19.5 Å². The Kier molecular flexibility index (Phi) is 4.49. The predicted molar refractivity (Wildman–Crippen MR) is 93.1 cm³/mol. The average molecular weight is 343 g/mol. The summed E-state index contributed by atoms with van der Waals surface area (Å²) >= 11 is 0. The summed E-state index contributed by atoms with van der Waals surface area (Å²) in [4.78, 5) is 0. The fourth-order valence-corrected chi connectivity index (χ4v) is 3.72. The Morgan fingerprint density at radius 3 is 2.48 bits per heavy atom. The molecule has 2 bridgehead atoms. The summed E-state index contributed by atoms with van der Waals surface area (Å²) in [5, 5.41) is 3.59. The maximum atomic E-state index is 14.1. The van der Waals surface area contributed by atoms with Crippen LogP contribution in [0.5, 0.6) is 23.0 Å². The van der Waals surface area contributed by atoms with Gasteiger partial charge in [0.05, 0.1) is 7.11 Å². The highest BCUT2D eigenvalue weighted by atomic mass is 19.1. The lowest BCUT2D eigenvalue weighted by Gasteiger charge is -2.29. The van der Waals surface area contributed by atoms with Crippen molar-refractivity contribution in [3.05, 3.63) is 48.3 Å². The van der Waals surface area contributed by atoms with Crippen LogP contribution in [-0.2, 0) is 0 Å². The number of fused-ring (bicyclic) bond motifs is 2. The van der Waals surface area contributed by atoms with Gasteiger partial charge in [-0.05, 0) is 49.9 Å². The van der Waals surface area contributed by atoms with E-state index in [4.69, 9.17) is 14.2 Å². The molecule has 4 nitrogen and oxygen atoms in total. The number of nitrogens with one attached hydrogen (secondary N) is 1. The molecule has 0 amide bonds. The summed E-state index contributed by atoms with van der Waals surface area (Å²) in [6.07, 6.45) is 4.62. The van der Waals surface area contributed by atoms with Crippen molar-refractivity contribution in [1.29, 1.82) is 0 Å². The van der Waals surface area contributed by atoms with Crippen molar-refractivity contribution in [3.8, 4) is 23.0 Å². The van der Waals surface area contributed by atoms with Gasteiger partial charge in [-0.2, -0.15) is 0 Å². The van der Waals surface area contributed by atoms with E-state index in [9.17, 15) is 4.39 Å². The van der Waals surface area contributed by atoms with Crippen molar-refractivity contribution in [2.75, 3.05) is 7.11 Å². The van der Waals surface area contributed by atoms with Gasteiger partial charge in [0, 0.05) is 24.2 Å². The molecule has 0 saturated carbocycles. The second-order valence-electron chi connectivity index (χ2n) is 6.72. The van der Waals surface area contributed by atoms with Gasteiger partial charge in [0.25, 0.3) is 0 Å². The second-order valence-corrected chi connectivity index (χ2v) is 6.72. The summed E-state index contributed by atoms with van der Waals surface area (Å²) in [7, 11) is 1.58. The van der Waals surface area contributed by atoms with E-state index in [1.807, 2.05) is 6.07 Å². The lowest BCUT2D eigenvalue weighted by atomic mass is 10.0. The minimum Gasteiger partial charge on any atom is -0.497 e. The van der Waals surface area contributed by atoms with E-state index < -0.39 is 5.82 Å². The van der Waals surface area contributed by atoms with E-state index >= 15 is 0 Å². The first-order chi connectivity index (χ1) is 12.2. The molecule has 2 aliphatic rings. The van der Waals surface area contributed by atoms with Gasteiger partial charge in [0.15, 0.2) is 11.6 Å². The average Bonchev–Trinajstić information content (AvgIpc) is 2.96. The smallest absolute Gasteiger partial charge is 0.166 e.